The van der Waals surface area contributed by atoms with E-state index in [4.69, 9.17) is 5.41 Å². The monoisotopic (exact) mass is 359 g/mol. The summed E-state index contributed by atoms with van der Waals surface area (Å²) in [6, 6.07) is 8.94. The Morgan fingerprint density at radius 2 is 2.19 bits per heavy atom. The SMILES string of the molecule is C/C=C(C/C=C\C=N)\C(C)=C/c1cc2cccc(C3=CC=CCC3)c2s1. The Bertz CT molecular complexity index is 948. The summed E-state index contributed by atoms with van der Waals surface area (Å²) in [5.74, 6) is 0. The Hall–Kier alpha value is -2.45. The van der Waals surface area contributed by atoms with E-state index in [1.807, 2.05) is 17.4 Å². The van der Waals surface area contributed by atoms with Crippen LogP contribution in [0.1, 0.15) is 43.6 Å². The highest BCUT2D eigenvalue weighted by molar-refractivity contribution is 7.20. The van der Waals surface area contributed by atoms with Crippen molar-refractivity contribution in [3.63, 3.8) is 0 Å². The van der Waals surface area contributed by atoms with Crippen molar-refractivity contribution in [2.75, 3.05) is 0 Å². The van der Waals surface area contributed by atoms with Crippen LogP contribution >= 0.6 is 11.3 Å². The molecule has 1 aliphatic carbocycles. The van der Waals surface area contributed by atoms with Crippen LogP contribution in [0.3, 0.4) is 0 Å². The zero-order valence-electron chi connectivity index (χ0n) is 15.5. The van der Waals surface area contributed by atoms with Crippen molar-refractivity contribution >= 4 is 39.3 Å². The second-order valence-corrected chi connectivity index (χ2v) is 7.56. The zero-order chi connectivity index (χ0) is 18.4. The van der Waals surface area contributed by atoms with Crippen LogP contribution in [0, 0.1) is 5.41 Å². The normalized spacial score (nSPS) is 15.7. The molecule has 1 nitrogen and oxygen atoms in total. The average molecular weight is 360 g/mol. The second kappa shape index (κ2) is 8.77. The summed E-state index contributed by atoms with van der Waals surface area (Å²) in [6.45, 7) is 4.25. The number of hydrogen-bond donors (Lipinski definition) is 1. The molecule has 0 radical (unpaired) electrons. The molecule has 3 rings (SSSR count). The quantitative estimate of drug-likeness (QED) is 0.406. The van der Waals surface area contributed by atoms with Crippen molar-refractivity contribution in [1.82, 2.24) is 0 Å². The molecule has 0 unspecified atom stereocenters. The Balaban J connectivity index is 1.94. The second-order valence-electron chi connectivity index (χ2n) is 6.47. The van der Waals surface area contributed by atoms with Gasteiger partial charge in [0.2, 0.25) is 0 Å². The topological polar surface area (TPSA) is 23.9 Å². The highest BCUT2D eigenvalue weighted by Gasteiger charge is 2.10. The number of nitrogens with one attached hydrogen (secondary N) is 1. The summed E-state index contributed by atoms with van der Waals surface area (Å²) in [4.78, 5) is 1.30. The maximum atomic E-state index is 7.10. The Morgan fingerprint density at radius 3 is 2.92 bits per heavy atom. The van der Waals surface area contributed by atoms with Gasteiger partial charge in [-0.2, -0.15) is 0 Å². The Morgan fingerprint density at radius 1 is 1.31 bits per heavy atom. The van der Waals surface area contributed by atoms with E-state index in [1.54, 1.807) is 6.08 Å². The number of thiophene rings is 1. The van der Waals surface area contributed by atoms with Crippen molar-refractivity contribution in [3.05, 3.63) is 82.3 Å². The molecule has 132 valence electrons. The molecule has 26 heavy (non-hydrogen) atoms. The molecule has 1 heterocycles. The first-order valence-corrected chi connectivity index (χ1v) is 9.92. The molecule has 0 atom stereocenters. The molecule has 0 saturated carbocycles. The maximum absolute atomic E-state index is 7.10. The number of hydrogen-bond acceptors (Lipinski definition) is 2. The summed E-state index contributed by atoms with van der Waals surface area (Å²) in [5.41, 5.74) is 5.42. The summed E-state index contributed by atoms with van der Waals surface area (Å²) in [6.07, 6.45) is 19.4. The molecule has 0 aliphatic heterocycles. The fourth-order valence-electron chi connectivity index (χ4n) is 3.31. The minimum Gasteiger partial charge on any atom is -0.309 e. The van der Waals surface area contributed by atoms with E-state index in [0.29, 0.717) is 0 Å². The van der Waals surface area contributed by atoms with Gasteiger partial charge in [0.15, 0.2) is 0 Å². The van der Waals surface area contributed by atoms with Gasteiger partial charge in [-0.1, -0.05) is 48.6 Å². The van der Waals surface area contributed by atoms with Crippen molar-refractivity contribution < 1.29 is 0 Å². The van der Waals surface area contributed by atoms with Gasteiger partial charge in [-0.3, -0.25) is 0 Å². The fraction of sp³-hybridized carbons (Fsp3) is 0.208. The summed E-state index contributed by atoms with van der Waals surface area (Å²) in [5, 5.41) is 8.43. The van der Waals surface area contributed by atoms with E-state index in [-0.39, 0.29) is 0 Å². The molecule has 1 N–H and O–H groups in total. The van der Waals surface area contributed by atoms with Crippen molar-refractivity contribution in [2.45, 2.75) is 33.1 Å². The smallest absolute Gasteiger partial charge is 0.0424 e. The zero-order valence-corrected chi connectivity index (χ0v) is 16.3. The summed E-state index contributed by atoms with van der Waals surface area (Å²) < 4.78 is 1.39. The van der Waals surface area contributed by atoms with Crippen LogP contribution in [-0.4, -0.2) is 6.21 Å². The number of fused-ring (bicyclic) bond motifs is 1. The minimum atomic E-state index is 0.865. The van der Waals surface area contributed by atoms with Gasteiger partial charge in [0.05, 0.1) is 0 Å². The third kappa shape index (κ3) is 4.20. The van der Waals surface area contributed by atoms with Crippen LogP contribution in [0.2, 0.25) is 0 Å². The number of rotatable bonds is 6. The van der Waals surface area contributed by atoms with Crippen molar-refractivity contribution in [2.24, 2.45) is 0 Å². The van der Waals surface area contributed by atoms with Crippen LogP contribution in [-0.2, 0) is 0 Å². The lowest BCUT2D eigenvalue weighted by Gasteiger charge is -2.10. The van der Waals surface area contributed by atoms with Crippen molar-refractivity contribution in [1.29, 1.82) is 5.41 Å². The van der Waals surface area contributed by atoms with Gasteiger partial charge >= 0.3 is 0 Å². The van der Waals surface area contributed by atoms with Gasteiger partial charge in [0.1, 0.15) is 0 Å². The lowest BCUT2D eigenvalue weighted by Crippen LogP contribution is -1.87. The highest BCUT2D eigenvalue weighted by Crippen LogP contribution is 2.36. The molecule has 0 bridgehead atoms. The van der Waals surface area contributed by atoms with Crippen molar-refractivity contribution in [3.8, 4) is 0 Å². The Labute approximate surface area is 160 Å². The third-order valence-corrected chi connectivity index (χ3v) is 5.84. The van der Waals surface area contributed by atoms with E-state index in [2.05, 4.69) is 68.5 Å². The van der Waals surface area contributed by atoms with E-state index < -0.39 is 0 Å². The summed E-state index contributed by atoms with van der Waals surface area (Å²) >= 11 is 1.88. The maximum Gasteiger partial charge on any atom is 0.0424 e. The fourth-order valence-corrected chi connectivity index (χ4v) is 4.52. The molecule has 0 amide bonds. The van der Waals surface area contributed by atoms with Crippen LogP contribution in [0.15, 0.2) is 71.9 Å². The molecule has 1 aromatic carbocycles. The molecule has 0 saturated heterocycles. The largest absolute Gasteiger partial charge is 0.309 e. The first kappa shape index (κ1) is 18.3. The van der Waals surface area contributed by atoms with E-state index in [9.17, 15) is 0 Å². The van der Waals surface area contributed by atoms with E-state index in [1.165, 1.54) is 43.5 Å². The van der Waals surface area contributed by atoms with Crippen LogP contribution in [0.5, 0.6) is 0 Å². The van der Waals surface area contributed by atoms with Gasteiger partial charge in [-0.25, -0.2) is 0 Å². The lowest BCUT2D eigenvalue weighted by molar-refractivity contribution is 1.06. The molecule has 1 aliphatic rings. The minimum absolute atomic E-state index is 0.865. The standard InChI is InChI=1S/C24H25NS/c1-3-19(10-7-8-15-25)18(2)16-22-17-21-13-9-14-23(24(21)26-22)20-11-5-4-6-12-20/h3-5,7-9,11,13-17,25H,6,10,12H2,1-2H3/b8-7-,18-16-,19-3-,25-15?. The van der Waals surface area contributed by atoms with Crippen LogP contribution in [0.4, 0.5) is 0 Å². The van der Waals surface area contributed by atoms with Crippen LogP contribution < -0.4 is 0 Å². The lowest BCUT2D eigenvalue weighted by atomic mass is 9.96. The predicted octanol–water partition coefficient (Wildman–Crippen LogP) is 7.58. The highest BCUT2D eigenvalue weighted by atomic mass is 32.1. The molecule has 2 aromatic rings. The molecule has 0 fully saturated rings. The first-order chi connectivity index (χ1) is 12.7. The van der Waals surface area contributed by atoms with Gasteiger partial charge in [0, 0.05) is 15.8 Å². The van der Waals surface area contributed by atoms with Gasteiger partial charge in [0.25, 0.3) is 0 Å². The average Bonchev–Trinajstić information content (AvgIpc) is 3.08. The first-order valence-electron chi connectivity index (χ1n) is 9.11. The van der Waals surface area contributed by atoms with Crippen LogP contribution in [0.25, 0.3) is 21.7 Å². The summed E-state index contributed by atoms with van der Waals surface area (Å²) in [7, 11) is 0. The number of benzene rings is 1. The van der Waals surface area contributed by atoms with E-state index in [0.717, 1.165) is 19.3 Å². The predicted molar refractivity (Wildman–Crippen MR) is 118 cm³/mol. The molecule has 0 spiro atoms. The molecular formula is C24H25NS. The number of allylic oxidation sites excluding steroid dienone is 9. The van der Waals surface area contributed by atoms with E-state index >= 15 is 0 Å². The third-order valence-electron chi connectivity index (χ3n) is 4.71. The Kier molecular flexibility index (Phi) is 6.19. The van der Waals surface area contributed by atoms with Gasteiger partial charge in [-0.15, -0.1) is 11.3 Å². The van der Waals surface area contributed by atoms with Gasteiger partial charge in [-0.05, 0) is 79.0 Å². The van der Waals surface area contributed by atoms with Gasteiger partial charge < -0.3 is 5.41 Å². The molecule has 2 heteroatoms. The molecular weight excluding hydrogens is 334 g/mol. The molecule has 1 aromatic heterocycles.